The summed E-state index contributed by atoms with van der Waals surface area (Å²) < 4.78 is 46.4. The number of ether oxygens (including phenoxy) is 1. The molecule has 0 atom stereocenters. The topological polar surface area (TPSA) is 108 Å². The number of hydrogen-bond acceptors (Lipinski definition) is 5. The van der Waals surface area contributed by atoms with Crippen molar-refractivity contribution in [3.8, 4) is 11.6 Å². The number of anilines is 1. The number of hydrogen-bond donors (Lipinski definition) is 1. The van der Waals surface area contributed by atoms with Crippen molar-refractivity contribution >= 4 is 34.5 Å². The van der Waals surface area contributed by atoms with Crippen LogP contribution in [-0.2, 0) is 13.2 Å². The lowest BCUT2D eigenvalue weighted by Crippen LogP contribution is -2.50. The van der Waals surface area contributed by atoms with Gasteiger partial charge in [0.15, 0.2) is 0 Å². The molecule has 43 heavy (non-hydrogen) atoms. The van der Waals surface area contributed by atoms with E-state index in [4.69, 9.17) is 9.84 Å². The summed E-state index contributed by atoms with van der Waals surface area (Å²) >= 11 is 0. The summed E-state index contributed by atoms with van der Waals surface area (Å²) in [6.07, 6.45) is -5.49. The van der Waals surface area contributed by atoms with Crippen LogP contribution in [0, 0.1) is 6.92 Å². The van der Waals surface area contributed by atoms with Crippen molar-refractivity contribution in [3.05, 3.63) is 83.2 Å². The third-order valence-corrected chi connectivity index (χ3v) is 7.45. The van der Waals surface area contributed by atoms with Crippen LogP contribution in [0.4, 0.5) is 23.7 Å². The van der Waals surface area contributed by atoms with Crippen LogP contribution in [0.15, 0.2) is 60.7 Å². The number of aromatic nitrogens is 2. The molecule has 1 aliphatic rings. The van der Waals surface area contributed by atoms with E-state index in [1.54, 1.807) is 53.8 Å². The highest BCUT2D eigenvalue weighted by atomic mass is 19.4. The molecule has 0 saturated carbocycles. The second-order valence-corrected chi connectivity index (χ2v) is 10.2. The Morgan fingerprint density at radius 2 is 1.58 bits per heavy atom. The molecule has 1 fully saturated rings. The first kappa shape index (κ1) is 29.4. The van der Waals surface area contributed by atoms with Gasteiger partial charge in [-0.25, -0.2) is 9.78 Å². The Morgan fingerprint density at radius 1 is 0.930 bits per heavy atom. The van der Waals surface area contributed by atoms with Crippen molar-refractivity contribution in [1.82, 2.24) is 19.4 Å². The molecule has 5 rings (SSSR count). The lowest BCUT2D eigenvalue weighted by atomic mass is 10.1. The van der Waals surface area contributed by atoms with E-state index in [1.165, 1.54) is 16.8 Å². The van der Waals surface area contributed by atoms with Gasteiger partial charge in [-0.2, -0.15) is 13.2 Å². The number of carbonyl (C=O) groups is 3. The summed E-state index contributed by atoms with van der Waals surface area (Å²) in [5.74, 6) is 0.0607. The molecule has 1 saturated heterocycles. The fourth-order valence-electron chi connectivity index (χ4n) is 5.03. The summed E-state index contributed by atoms with van der Waals surface area (Å²) in [5, 5.41) is 9.92. The van der Waals surface area contributed by atoms with Gasteiger partial charge in [-0.1, -0.05) is 0 Å². The number of aryl methyl sites for hydroxylation is 2. The van der Waals surface area contributed by atoms with Gasteiger partial charge in [0, 0.05) is 62.8 Å². The Balaban J connectivity index is 1.29. The van der Waals surface area contributed by atoms with Crippen molar-refractivity contribution in [2.45, 2.75) is 13.1 Å². The Morgan fingerprint density at radius 3 is 2.19 bits per heavy atom. The zero-order valence-corrected chi connectivity index (χ0v) is 23.6. The highest BCUT2D eigenvalue weighted by Gasteiger charge is 2.30. The molecule has 1 N–H and O–H groups in total. The van der Waals surface area contributed by atoms with Crippen molar-refractivity contribution in [3.63, 3.8) is 0 Å². The Kier molecular flexibility index (Phi) is 7.74. The molecule has 4 aromatic rings. The summed E-state index contributed by atoms with van der Waals surface area (Å²) in [4.78, 5) is 45.9. The predicted octanol–water partition coefficient (Wildman–Crippen LogP) is 5.41. The number of carbonyl (C=O) groups excluding carboxylic acids is 2. The van der Waals surface area contributed by atoms with Crippen LogP contribution in [0.25, 0.3) is 10.9 Å². The molecule has 224 valence electrons. The van der Waals surface area contributed by atoms with Gasteiger partial charge in [0.25, 0.3) is 11.8 Å². The van der Waals surface area contributed by atoms with E-state index >= 15 is 0 Å². The number of nitrogens with zero attached hydrogens (tertiary/aromatic N) is 5. The minimum Gasteiger partial charge on any atom is -0.465 e. The minimum absolute atomic E-state index is 0.103. The molecule has 2 aromatic heterocycles. The van der Waals surface area contributed by atoms with Crippen LogP contribution in [0.2, 0.25) is 0 Å². The van der Waals surface area contributed by atoms with Crippen LogP contribution in [0.3, 0.4) is 0 Å². The fourth-order valence-corrected chi connectivity index (χ4v) is 5.03. The van der Waals surface area contributed by atoms with Gasteiger partial charge in [0.2, 0.25) is 5.88 Å². The average molecular weight is 596 g/mol. The van der Waals surface area contributed by atoms with Crippen molar-refractivity contribution in [2.24, 2.45) is 7.05 Å². The molecule has 3 heterocycles. The number of rotatable bonds is 5. The number of pyridine rings is 1. The summed E-state index contributed by atoms with van der Waals surface area (Å²) in [5.41, 5.74) is 1.48. The lowest BCUT2D eigenvalue weighted by molar-refractivity contribution is -0.137. The highest BCUT2D eigenvalue weighted by molar-refractivity contribution is 6.06. The van der Waals surface area contributed by atoms with Crippen molar-refractivity contribution in [2.75, 3.05) is 38.1 Å². The van der Waals surface area contributed by atoms with Gasteiger partial charge in [-0.05, 0) is 61.5 Å². The molecular weight excluding hydrogens is 567 g/mol. The molecule has 10 nitrogen and oxygen atoms in total. The van der Waals surface area contributed by atoms with Gasteiger partial charge in [-0.3, -0.25) is 9.59 Å². The number of carboxylic acid groups (broad SMARTS) is 1. The van der Waals surface area contributed by atoms with E-state index in [1.807, 2.05) is 6.07 Å². The third kappa shape index (κ3) is 5.96. The first-order chi connectivity index (χ1) is 20.3. The molecular formula is C30H28F3N5O5. The largest absolute Gasteiger partial charge is 0.465 e. The quantitative estimate of drug-likeness (QED) is 0.331. The summed E-state index contributed by atoms with van der Waals surface area (Å²) in [6, 6.07) is 14.3. The van der Waals surface area contributed by atoms with E-state index in [-0.39, 0.29) is 30.4 Å². The highest BCUT2D eigenvalue weighted by Crippen LogP contribution is 2.31. The van der Waals surface area contributed by atoms with Gasteiger partial charge in [0.05, 0.1) is 16.9 Å². The number of amides is 3. The third-order valence-electron chi connectivity index (χ3n) is 7.45. The fraction of sp³-hybridized carbons (Fsp3) is 0.267. The monoisotopic (exact) mass is 595 g/mol. The molecule has 0 aliphatic carbocycles. The molecule has 3 amide bonds. The van der Waals surface area contributed by atoms with Crippen LogP contribution < -0.4 is 9.64 Å². The first-order valence-corrected chi connectivity index (χ1v) is 13.3. The Bertz CT molecular complexity index is 1710. The number of benzene rings is 2. The van der Waals surface area contributed by atoms with Crippen molar-refractivity contribution < 1.29 is 37.4 Å². The molecule has 0 bridgehead atoms. The van der Waals surface area contributed by atoms with E-state index in [2.05, 4.69) is 4.98 Å². The first-order valence-electron chi connectivity index (χ1n) is 13.3. The van der Waals surface area contributed by atoms with Gasteiger partial charge >= 0.3 is 12.3 Å². The van der Waals surface area contributed by atoms with Crippen LogP contribution in [-0.4, -0.2) is 75.6 Å². The van der Waals surface area contributed by atoms with Crippen molar-refractivity contribution in [1.29, 1.82) is 0 Å². The zero-order chi connectivity index (χ0) is 31.1. The van der Waals surface area contributed by atoms with E-state index in [0.717, 1.165) is 35.2 Å². The van der Waals surface area contributed by atoms with E-state index in [9.17, 15) is 27.6 Å². The van der Waals surface area contributed by atoms with Gasteiger partial charge in [0.1, 0.15) is 11.4 Å². The van der Waals surface area contributed by atoms with E-state index in [0.29, 0.717) is 35.9 Å². The molecule has 0 unspecified atom stereocenters. The SMILES string of the molecule is Cc1nc(Oc2ccc3c(c2)cc(C(=O)N2CCN(C(=O)O)CC2)n3C)ccc1N(C)C(=O)c1ccc(C(F)(F)F)cc1. The van der Waals surface area contributed by atoms with E-state index < -0.39 is 23.7 Å². The Hall–Kier alpha value is -5.07. The standard InChI is InChI=1S/C30H28F3N5O5/c1-18-23(36(3)27(39)19-4-6-21(7-5-19)30(31,32)33)10-11-26(34-18)43-22-8-9-24-20(16-22)17-25(35(24)2)28(40)37-12-14-38(15-13-37)29(41)42/h4-11,16-17H,12-15H2,1-3H3,(H,41,42). The molecule has 13 heteroatoms. The predicted molar refractivity (Wildman–Crippen MR) is 152 cm³/mol. The minimum atomic E-state index is -4.49. The molecule has 1 aliphatic heterocycles. The number of halogens is 3. The number of alkyl halides is 3. The zero-order valence-electron chi connectivity index (χ0n) is 23.6. The summed E-state index contributed by atoms with van der Waals surface area (Å²) in [7, 11) is 3.30. The van der Waals surface area contributed by atoms with Crippen LogP contribution in [0.5, 0.6) is 11.6 Å². The average Bonchev–Trinajstić information content (AvgIpc) is 3.31. The lowest BCUT2D eigenvalue weighted by Gasteiger charge is -2.33. The second-order valence-electron chi connectivity index (χ2n) is 10.2. The normalized spacial score (nSPS) is 13.7. The molecule has 0 spiro atoms. The number of piperazine rings is 1. The Labute approximate surface area is 244 Å². The van der Waals surface area contributed by atoms with Gasteiger partial charge < -0.3 is 29.1 Å². The number of fused-ring (bicyclic) bond motifs is 1. The second kappa shape index (κ2) is 11.3. The smallest absolute Gasteiger partial charge is 0.416 e. The van der Waals surface area contributed by atoms with Crippen LogP contribution in [0.1, 0.15) is 32.1 Å². The maximum atomic E-state index is 13.2. The maximum absolute atomic E-state index is 13.2. The van der Waals surface area contributed by atoms with Crippen LogP contribution >= 0.6 is 0 Å². The molecule has 0 radical (unpaired) electrons. The maximum Gasteiger partial charge on any atom is 0.416 e. The van der Waals surface area contributed by atoms with Gasteiger partial charge in [-0.15, -0.1) is 0 Å². The molecule has 2 aromatic carbocycles. The summed E-state index contributed by atoms with van der Waals surface area (Å²) in [6.45, 7) is 2.83.